The van der Waals surface area contributed by atoms with E-state index in [-0.39, 0.29) is 39.6 Å². The molecule has 456 valence electrons. The molecule has 2 aliphatic carbocycles. The van der Waals surface area contributed by atoms with Crippen LogP contribution in [-0.4, -0.2) is 72.3 Å². The molecule has 12 aromatic rings. The van der Waals surface area contributed by atoms with Crippen LogP contribution in [0.3, 0.4) is 0 Å². The third-order valence-electron chi connectivity index (χ3n) is 17.6. The molecule has 0 spiro atoms. The Morgan fingerprint density at radius 3 is 0.739 bits per heavy atom. The van der Waals surface area contributed by atoms with Gasteiger partial charge in [-0.3, -0.25) is 0 Å². The van der Waals surface area contributed by atoms with Gasteiger partial charge in [-0.1, -0.05) is 243 Å². The lowest BCUT2D eigenvalue weighted by molar-refractivity contribution is 0.123. The van der Waals surface area contributed by atoms with Crippen molar-refractivity contribution in [2.24, 2.45) is 0 Å². The molecule has 0 saturated carbocycles. The summed E-state index contributed by atoms with van der Waals surface area (Å²) in [5.41, 5.74) is 20.8. The molecule has 4 N–H and O–H groups in total. The molecule has 0 amide bonds. The fourth-order valence-electron chi connectivity index (χ4n) is 13.7. The minimum Gasteiger partial charge on any atom is -0.491 e. The molecule has 0 aromatic heterocycles. The summed E-state index contributed by atoms with van der Waals surface area (Å²) in [5.74, 6) is 2.91. The largest absolute Gasteiger partial charge is 0.491 e. The molecule has 0 heterocycles. The van der Waals surface area contributed by atoms with E-state index in [9.17, 15) is 20.4 Å². The van der Waals surface area contributed by atoms with Gasteiger partial charge < -0.3 is 39.4 Å². The summed E-state index contributed by atoms with van der Waals surface area (Å²) in [7, 11) is 0. The van der Waals surface area contributed by atoms with Gasteiger partial charge in [0.05, 0.1) is 36.3 Å². The number of benzene rings is 12. The lowest BCUT2D eigenvalue weighted by Crippen LogP contribution is -2.29. The van der Waals surface area contributed by atoms with Crippen molar-refractivity contribution in [2.75, 3.05) is 39.6 Å². The van der Waals surface area contributed by atoms with Crippen LogP contribution in [0.25, 0.3) is 66.8 Å². The Kier molecular flexibility index (Phi) is 17.8. The first-order chi connectivity index (χ1) is 45.2. The van der Waals surface area contributed by atoms with E-state index < -0.39 is 23.0 Å². The predicted octanol–water partition coefficient (Wildman–Crippen LogP) is 17.0. The van der Waals surface area contributed by atoms with Crippen LogP contribution >= 0.6 is 0 Å². The zero-order valence-corrected chi connectivity index (χ0v) is 51.5. The number of hydrogen-bond acceptors (Lipinski definition) is 8. The minimum absolute atomic E-state index is 0.0619. The van der Waals surface area contributed by atoms with Gasteiger partial charge in [0.15, 0.2) is 0 Å². The van der Waals surface area contributed by atoms with E-state index in [1.807, 2.05) is 97.1 Å². The lowest BCUT2D eigenvalue weighted by atomic mass is 9.67. The molecule has 0 aliphatic heterocycles. The summed E-state index contributed by atoms with van der Waals surface area (Å²) < 4.78 is 24.6. The zero-order valence-electron chi connectivity index (χ0n) is 51.5. The Balaban J connectivity index is 0.000000168. The maximum Gasteiger partial charge on any atom is 0.127 e. The van der Waals surface area contributed by atoms with Gasteiger partial charge in [-0.2, -0.15) is 0 Å². The number of hydrogen-bond donors (Lipinski definition) is 4. The van der Waals surface area contributed by atoms with Crippen LogP contribution in [0.15, 0.2) is 291 Å². The average molecular weight is 1210 g/mol. The summed E-state index contributed by atoms with van der Waals surface area (Å²) in [6, 6.07) is 102. The molecule has 2 aliphatic rings. The Morgan fingerprint density at radius 1 is 0.272 bits per heavy atom. The first-order valence-corrected chi connectivity index (χ1v) is 31.5. The summed E-state index contributed by atoms with van der Waals surface area (Å²) >= 11 is 0. The van der Waals surface area contributed by atoms with Crippen LogP contribution < -0.4 is 18.9 Å². The normalized spacial score (nSPS) is 13.5. The molecule has 92 heavy (non-hydrogen) atoms. The molecule has 14 rings (SSSR count). The highest BCUT2D eigenvalue weighted by atomic mass is 16.5. The van der Waals surface area contributed by atoms with E-state index in [4.69, 9.17) is 18.9 Å². The van der Waals surface area contributed by atoms with Gasteiger partial charge >= 0.3 is 0 Å². The van der Waals surface area contributed by atoms with E-state index in [2.05, 4.69) is 194 Å². The van der Waals surface area contributed by atoms with Crippen molar-refractivity contribution >= 4 is 0 Å². The molecular formula is C84H72O8. The van der Waals surface area contributed by atoms with Crippen molar-refractivity contribution in [3.63, 3.8) is 0 Å². The second-order valence-electron chi connectivity index (χ2n) is 23.5. The third kappa shape index (κ3) is 11.4. The zero-order chi connectivity index (χ0) is 63.0. The second-order valence-corrected chi connectivity index (χ2v) is 23.5. The molecular weight excluding hydrogens is 1140 g/mol. The van der Waals surface area contributed by atoms with Crippen molar-refractivity contribution < 1.29 is 39.4 Å². The quantitative estimate of drug-likeness (QED) is 0.0596. The number of aliphatic hydroxyl groups excluding tert-OH is 4. The summed E-state index contributed by atoms with van der Waals surface area (Å²) in [6.07, 6.45) is -1.19. The minimum atomic E-state index is -0.661. The summed E-state index contributed by atoms with van der Waals surface area (Å²) in [4.78, 5) is 0. The Bertz CT molecular complexity index is 4220. The van der Waals surface area contributed by atoms with Crippen molar-refractivity contribution in [1.82, 2.24) is 0 Å². The van der Waals surface area contributed by atoms with Gasteiger partial charge in [0.1, 0.15) is 49.4 Å². The van der Waals surface area contributed by atoms with Gasteiger partial charge in [0, 0.05) is 22.3 Å². The molecule has 0 bridgehead atoms. The average Bonchev–Trinajstić information content (AvgIpc) is 1.54. The van der Waals surface area contributed by atoms with Crippen molar-refractivity contribution in [3.8, 4) is 89.8 Å². The van der Waals surface area contributed by atoms with E-state index in [0.717, 1.165) is 89.8 Å². The Morgan fingerprint density at radius 2 is 0.500 bits per heavy atom. The van der Waals surface area contributed by atoms with E-state index in [1.54, 1.807) is 13.8 Å². The Labute approximate surface area is 538 Å². The summed E-state index contributed by atoms with van der Waals surface area (Å²) in [6.45, 7) is 4.17. The highest BCUT2D eigenvalue weighted by molar-refractivity contribution is 5.90. The maximum absolute atomic E-state index is 10.1. The predicted molar refractivity (Wildman–Crippen MR) is 369 cm³/mol. The molecule has 8 nitrogen and oxygen atoms in total. The van der Waals surface area contributed by atoms with E-state index in [1.165, 1.54) is 44.5 Å². The molecule has 0 saturated heterocycles. The SMILES string of the molecule is CC(O)COc1ccc(C2(c3ccc(OCC(C)O)c(-c4ccccc4)c3)c3ccccc3-c3ccccc32)cc1-c1ccccc1.OCCOc1ccc(C2(c3ccc(OCCO)c(-c4ccccc4)c3)c3ccccc3-c3ccccc32)cc1-c1ccccc1. The van der Waals surface area contributed by atoms with Crippen molar-refractivity contribution in [3.05, 3.63) is 336 Å². The first kappa shape index (κ1) is 60.6. The highest BCUT2D eigenvalue weighted by Crippen LogP contribution is 2.59. The van der Waals surface area contributed by atoms with Crippen LogP contribution in [0.1, 0.15) is 58.4 Å². The van der Waals surface area contributed by atoms with E-state index in [0.29, 0.717) is 0 Å². The van der Waals surface area contributed by atoms with Gasteiger partial charge in [-0.25, -0.2) is 0 Å². The molecule has 2 unspecified atom stereocenters. The maximum atomic E-state index is 10.1. The van der Waals surface area contributed by atoms with Crippen molar-refractivity contribution in [2.45, 2.75) is 36.9 Å². The van der Waals surface area contributed by atoms with Gasteiger partial charge in [0.25, 0.3) is 0 Å². The molecule has 0 radical (unpaired) electrons. The standard InChI is InChI=1S/C43H38O4.C41H34O4/c1-29(44)27-46-41-23-21-33(25-37(41)31-13-5-3-6-14-31)43(39-19-11-9-17-35(39)36-18-10-12-20-40(36)43)34-22-24-42(47-28-30(2)45)38(26-34)32-15-7-4-8-16-32;42-23-25-44-39-21-19-31(27-35(39)29-11-3-1-4-12-29)41(37-17-9-7-15-33(37)34-16-8-10-18-38(34)41)32-20-22-40(45-26-24-43)36(28-32)30-13-5-2-6-14-30/h3-26,29-30,44-45H,27-28H2,1-2H3;1-22,27-28,42-43H,23-26H2. The number of aliphatic hydroxyl groups is 4. The second kappa shape index (κ2) is 27.0. The number of fused-ring (bicyclic) bond motifs is 6. The monoisotopic (exact) mass is 1210 g/mol. The van der Waals surface area contributed by atoms with Crippen LogP contribution in [-0.2, 0) is 10.8 Å². The van der Waals surface area contributed by atoms with Crippen LogP contribution in [0, 0.1) is 0 Å². The van der Waals surface area contributed by atoms with Crippen LogP contribution in [0.5, 0.6) is 23.0 Å². The summed E-state index contributed by atoms with van der Waals surface area (Å²) in [5, 5.41) is 39.3. The van der Waals surface area contributed by atoms with Crippen LogP contribution in [0.2, 0.25) is 0 Å². The number of rotatable bonds is 20. The topological polar surface area (TPSA) is 118 Å². The fourth-order valence-corrected chi connectivity index (χ4v) is 13.7. The molecule has 8 heteroatoms. The van der Waals surface area contributed by atoms with E-state index >= 15 is 0 Å². The molecule has 0 fully saturated rings. The highest BCUT2D eigenvalue weighted by Gasteiger charge is 2.48. The molecule has 12 aromatic carbocycles. The Hall–Kier alpha value is -10.3. The van der Waals surface area contributed by atoms with Crippen molar-refractivity contribution in [1.29, 1.82) is 0 Å². The van der Waals surface area contributed by atoms with Gasteiger partial charge in [-0.05, 0) is 151 Å². The lowest BCUT2D eigenvalue weighted by Gasteiger charge is -2.35. The fraction of sp³-hybridized carbons (Fsp3) is 0.143. The third-order valence-corrected chi connectivity index (χ3v) is 17.6. The van der Waals surface area contributed by atoms with Gasteiger partial charge in [0.2, 0.25) is 0 Å². The van der Waals surface area contributed by atoms with Gasteiger partial charge in [-0.15, -0.1) is 0 Å². The number of ether oxygens (including phenoxy) is 4. The first-order valence-electron chi connectivity index (χ1n) is 31.5. The smallest absolute Gasteiger partial charge is 0.127 e. The molecule has 2 atom stereocenters. The van der Waals surface area contributed by atoms with Crippen LogP contribution in [0.4, 0.5) is 0 Å².